The third-order valence-electron chi connectivity index (χ3n) is 5.45. The molecule has 2 aliphatic heterocycles. The normalized spacial score (nSPS) is 17.3. The number of ether oxygens (including phenoxy) is 1. The van der Waals surface area contributed by atoms with Gasteiger partial charge in [0.05, 0.1) is 13.2 Å². The molecule has 2 aromatic rings. The average Bonchev–Trinajstić information content (AvgIpc) is 3.30. The zero-order valence-electron chi connectivity index (χ0n) is 16.8. The van der Waals surface area contributed by atoms with Crippen LogP contribution in [0, 0.1) is 0 Å². The maximum absolute atomic E-state index is 12.6. The lowest BCUT2D eigenvalue weighted by Gasteiger charge is -2.26. The molecule has 1 aromatic heterocycles. The SMILES string of the molecule is O=C(Nc1ccc(N2CCCC2)cc1)c1cc(NCCN2CCOCC2)ccn1. The van der Waals surface area contributed by atoms with Crippen molar-refractivity contribution in [3.05, 3.63) is 48.3 Å². The van der Waals surface area contributed by atoms with E-state index in [0.717, 1.165) is 63.9 Å². The standard InChI is InChI=1S/C22H29N5O2/c28-22(25-18-3-5-20(6-4-18)27-10-1-2-11-27)21-17-19(7-8-24-21)23-9-12-26-13-15-29-16-14-26/h3-8,17H,1-2,9-16H2,(H,23,24)(H,25,28). The highest BCUT2D eigenvalue weighted by Crippen LogP contribution is 2.22. The molecule has 2 saturated heterocycles. The Labute approximate surface area is 172 Å². The van der Waals surface area contributed by atoms with Gasteiger partial charge in [-0.05, 0) is 49.2 Å². The van der Waals surface area contributed by atoms with Crippen molar-refractivity contribution in [2.75, 3.05) is 68.0 Å². The molecule has 154 valence electrons. The number of pyridine rings is 1. The largest absolute Gasteiger partial charge is 0.384 e. The number of carbonyl (C=O) groups is 1. The summed E-state index contributed by atoms with van der Waals surface area (Å²) in [6.45, 7) is 7.56. The number of aromatic nitrogens is 1. The summed E-state index contributed by atoms with van der Waals surface area (Å²) in [6, 6.07) is 11.7. The van der Waals surface area contributed by atoms with Gasteiger partial charge in [-0.1, -0.05) is 0 Å². The Balaban J connectivity index is 1.29. The number of rotatable bonds is 7. The maximum Gasteiger partial charge on any atom is 0.274 e. The second kappa shape index (κ2) is 9.71. The number of benzene rings is 1. The van der Waals surface area contributed by atoms with Gasteiger partial charge in [-0.2, -0.15) is 0 Å². The molecule has 29 heavy (non-hydrogen) atoms. The molecule has 4 rings (SSSR count). The molecule has 2 aliphatic rings. The van der Waals surface area contributed by atoms with E-state index in [2.05, 4.69) is 37.6 Å². The molecule has 2 N–H and O–H groups in total. The first-order chi connectivity index (χ1) is 14.3. The number of hydrogen-bond acceptors (Lipinski definition) is 6. The Hall–Kier alpha value is -2.64. The molecule has 0 saturated carbocycles. The van der Waals surface area contributed by atoms with Crippen molar-refractivity contribution < 1.29 is 9.53 Å². The fourth-order valence-electron chi connectivity index (χ4n) is 3.77. The fourth-order valence-corrected chi connectivity index (χ4v) is 3.77. The van der Waals surface area contributed by atoms with Crippen LogP contribution in [0.2, 0.25) is 0 Å². The molecule has 1 amide bonds. The Bertz CT molecular complexity index is 799. The van der Waals surface area contributed by atoms with Crippen molar-refractivity contribution in [1.82, 2.24) is 9.88 Å². The van der Waals surface area contributed by atoms with Crippen molar-refractivity contribution in [1.29, 1.82) is 0 Å². The molecule has 0 spiro atoms. The summed E-state index contributed by atoms with van der Waals surface area (Å²) < 4.78 is 5.37. The van der Waals surface area contributed by atoms with Crippen molar-refractivity contribution in [3.63, 3.8) is 0 Å². The topological polar surface area (TPSA) is 69.7 Å². The molecular formula is C22H29N5O2. The number of amides is 1. The first-order valence-corrected chi connectivity index (χ1v) is 10.4. The van der Waals surface area contributed by atoms with E-state index in [1.807, 2.05) is 18.2 Å². The predicted molar refractivity (Wildman–Crippen MR) is 116 cm³/mol. The summed E-state index contributed by atoms with van der Waals surface area (Å²) in [6.07, 6.45) is 4.17. The Morgan fingerprint density at radius 3 is 2.52 bits per heavy atom. The first-order valence-electron chi connectivity index (χ1n) is 10.4. The van der Waals surface area contributed by atoms with E-state index in [-0.39, 0.29) is 5.91 Å². The van der Waals surface area contributed by atoms with Gasteiger partial charge in [0, 0.05) is 62.5 Å². The minimum Gasteiger partial charge on any atom is -0.384 e. The van der Waals surface area contributed by atoms with E-state index in [1.54, 1.807) is 12.3 Å². The molecule has 0 radical (unpaired) electrons. The lowest BCUT2D eigenvalue weighted by Crippen LogP contribution is -2.39. The zero-order valence-corrected chi connectivity index (χ0v) is 16.8. The zero-order chi connectivity index (χ0) is 19.9. The summed E-state index contributed by atoms with van der Waals surface area (Å²) in [5, 5.41) is 6.32. The van der Waals surface area contributed by atoms with Gasteiger partial charge in [0.2, 0.25) is 0 Å². The predicted octanol–water partition coefficient (Wildman–Crippen LogP) is 2.68. The highest BCUT2D eigenvalue weighted by atomic mass is 16.5. The van der Waals surface area contributed by atoms with Crippen LogP contribution in [0.4, 0.5) is 17.1 Å². The molecule has 7 nitrogen and oxygen atoms in total. The number of morpholine rings is 1. The maximum atomic E-state index is 12.6. The van der Waals surface area contributed by atoms with Crippen LogP contribution in [0.5, 0.6) is 0 Å². The number of nitrogens with one attached hydrogen (secondary N) is 2. The molecule has 1 aromatic carbocycles. The summed E-state index contributed by atoms with van der Waals surface area (Å²) in [4.78, 5) is 21.6. The van der Waals surface area contributed by atoms with Crippen LogP contribution in [0.15, 0.2) is 42.6 Å². The minimum absolute atomic E-state index is 0.198. The van der Waals surface area contributed by atoms with Crippen LogP contribution in [-0.4, -0.2) is 68.3 Å². The molecule has 0 atom stereocenters. The van der Waals surface area contributed by atoms with Gasteiger partial charge in [0.1, 0.15) is 5.69 Å². The third kappa shape index (κ3) is 5.46. The van der Waals surface area contributed by atoms with Crippen LogP contribution in [0.25, 0.3) is 0 Å². The number of hydrogen-bond donors (Lipinski definition) is 2. The van der Waals surface area contributed by atoms with Gasteiger partial charge in [-0.25, -0.2) is 0 Å². The summed E-state index contributed by atoms with van der Waals surface area (Å²) in [7, 11) is 0. The van der Waals surface area contributed by atoms with Gasteiger partial charge in [-0.15, -0.1) is 0 Å². The van der Waals surface area contributed by atoms with Crippen LogP contribution in [0.1, 0.15) is 23.3 Å². The molecule has 0 aliphatic carbocycles. The minimum atomic E-state index is -0.198. The van der Waals surface area contributed by atoms with Crippen LogP contribution in [-0.2, 0) is 4.74 Å². The number of anilines is 3. The van der Waals surface area contributed by atoms with Crippen molar-refractivity contribution in [2.24, 2.45) is 0 Å². The summed E-state index contributed by atoms with van der Waals surface area (Å²) in [5.74, 6) is -0.198. The van der Waals surface area contributed by atoms with E-state index >= 15 is 0 Å². The van der Waals surface area contributed by atoms with Gasteiger partial charge in [-0.3, -0.25) is 14.7 Å². The smallest absolute Gasteiger partial charge is 0.274 e. The molecular weight excluding hydrogens is 366 g/mol. The van der Waals surface area contributed by atoms with E-state index in [9.17, 15) is 4.79 Å². The number of nitrogens with zero attached hydrogens (tertiary/aromatic N) is 3. The quantitative estimate of drug-likeness (QED) is 0.751. The van der Waals surface area contributed by atoms with Gasteiger partial charge in [0.15, 0.2) is 0 Å². The molecule has 7 heteroatoms. The Kier molecular flexibility index (Phi) is 6.59. The van der Waals surface area contributed by atoms with Crippen LogP contribution < -0.4 is 15.5 Å². The van der Waals surface area contributed by atoms with Crippen molar-refractivity contribution in [2.45, 2.75) is 12.8 Å². The van der Waals surface area contributed by atoms with Crippen molar-refractivity contribution >= 4 is 23.0 Å². The van der Waals surface area contributed by atoms with E-state index in [1.165, 1.54) is 18.5 Å². The highest BCUT2D eigenvalue weighted by molar-refractivity contribution is 6.03. The number of carbonyl (C=O) groups excluding carboxylic acids is 1. The molecule has 0 bridgehead atoms. The Morgan fingerprint density at radius 2 is 1.76 bits per heavy atom. The second-order valence-corrected chi connectivity index (χ2v) is 7.51. The fraction of sp³-hybridized carbons (Fsp3) is 0.455. The van der Waals surface area contributed by atoms with E-state index in [0.29, 0.717) is 5.69 Å². The van der Waals surface area contributed by atoms with Crippen molar-refractivity contribution in [3.8, 4) is 0 Å². The third-order valence-corrected chi connectivity index (χ3v) is 5.45. The molecule has 2 fully saturated rings. The summed E-state index contributed by atoms with van der Waals surface area (Å²) >= 11 is 0. The monoisotopic (exact) mass is 395 g/mol. The van der Waals surface area contributed by atoms with Gasteiger partial charge < -0.3 is 20.3 Å². The van der Waals surface area contributed by atoms with Crippen LogP contribution in [0.3, 0.4) is 0 Å². The summed E-state index contributed by atoms with van der Waals surface area (Å²) in [5.41, 5.74) is 3.31. The molecule has 3 heterocycles. The van der Waals surface area contributed by atoms with E-state index < -0.39 is 0 Å². The van der Waals surface area contributed by atoms with Gasteiger partial charge >= 0.3 is 0 Å². The average molecular weight is 396 g/mol. The van der Waals surface area contributed by atoms with E-state index in [4.69, 9.17) is 4.74 Å². The first kappa shape index (κ1) is 19.7. The van der Waals surface area contributed by atoms with Crippen LogP contribution >= 0.6 is 0 Å². The molecule has 0 unspecified atom stereocenters. The lowest BCUT2D eigenvalue weighted by atomic mass is 10.2. The lowest BCUT2D eigenvalue weighted by molar-refractivity contribution is 0.0398. The van der Waals surface area contributed by atoms with Gasteiger partial charge in [0.25, 0.3) is 5.91 Å². The second-order valence-electron chi connectivity index (χ2n) is 7.51. The Morgan fingerprint density at radius 1 is 1.00 bits per heavy atom. The highest BCUT2D eigenvalue weighted by Gasteiger charge is 2.13.